The number of rotatable bonds is 4. The predicted octanol–water partition coefficient (Wildman–Crippen LogP) is 1.72. The van der Waals surface area contributed by atoms with Crippen molar-refractivity contribution in [1.82, 2.24) is 14.8 Å². The van der Waals surface area contributed by atoms with Crippen molar-refractivity contribution < 1.29 is 4.74 Å². The van der Waals surface area contributed by atoms with Gasteiger partial charge in [0.25, 0.3) is 0 Å². The Hall–Kier alpha value is -1.88. The maximum Gasteiger partial charge on any atom is 0.164 e. The Morgan fingerprint density at radius 3 is 2.78 bits per heavy atom. The summed E-state index contributed by atoms with van der Waals surface area (Å²) in [5, 5.41) is 4.00. The maximum atomic E-state index is 5.84. The summed E-state index contributed by atoms with van der Waals surface area (Å²) >= 11 is 0. The predicted molar refractivity (Wildman–Crippen MR) is 69.1 cm³/mol. The Kier molecular flexibility index (Phi) is 3.62. The van der Waals surface area contributed by atoms with Crippen molar-refractivity contribution in [2.75, 3.05) is 0 Å². The van der Waals surface area contributed by atoms with Crippen molar-refractivity contribution in [2.24, 2.45) is 12.8 Å². The third kappa shape index (κ3) is 2.68. The molecular formula is C13H18N4O. The highest BCUT2D eigenvalue weighted by Crippen LogP contribution is 2.22. The molecule has 0 spiro atoms. The summed E-state index contributed by atoms with van der Waals surface area (Å²) in [5.74, 6) is 1.65. The molecule has 0 saturated heterocycles. The summed E-state index contributed by atoms with van der Waals surface area (Å²) in [6.45, 7) is 4.39. The Bertz CT molecular complexity index is 534. The molecule has 96 valence electrons. The van der Waals surface area contributed by atoms with Crippen LogP contribution in [0, 0.1) is 6.92 Å². The van der Waals surface area contributed by atoms with Crippen LogP contribution >= 0.6 is 0 Å². The molecule has 2 aromatic rings. The molecule has 18 heavy (non-hydrogen) atoms. The van der Waals surface area contributed by atoms with Crippen molar-refractivity contribution in [3.05, 3.63) is 41.5 Å². The van der Waals surface area contributed by atoms with E-state index in [4.69, 9.17) is 10.5 Å². The van der Waals surface area contributed by atoms with Crippen molar-refractivity contribution >= 4 is 0 Å². The minimum absolute atomic E-state index is 0.0384. The summed E-state index contributed by atoms with van der Waals surface area (Å²) < 4.78 is 7.43. The van der Waals surface area contributed by atoms with Crippen LogP contribution in [0.3, 0.4) is 0 Å². The second-order valence-corrected chi connectivity index (χ2v) is 4.40. The van der Waals surface area contributed by atoms with Gasteiger partial charge in [-0.15, -0.1) is 0 Å². The van der Waals surface area contributed by atoms with Gasteiger partial charge in [-0.1, -0.05) is 12.1 Å². The van der Waals surface area contributed by atoms with E-state index in [2.05, 4.69) is 16.1 Å². The number of nitrogens with zero attached hydrogens (tertiary/aromatic N) is 3. The molecule has 0 bridgehead atoms. The highest BCUT2D eigenvalue weighted by Gasteiger charge is 2.06. The zero-order valence-electron chi connectivity index (χ0n) is 10.9. The van der Waals surface area contributed by atoms with Crippen LogP contribution in [0.25, 0.3) is 0 Å². The molecule has 0 aliphatic heterocycles. The van der Waals surface area contributed by atoms with Gasteiger partial charge in [0.2, 0.25) is 0 Å². The molecule has 1 unspecified atom stereocenters. The molecule has 1 atom stereocenters. The van der Waals surface area contributed by atoms with Gasteiger partial charge < -0.3 is 10.5 Å². The fourth-order valence-electron chi connectivity index (χ4n) is 1.71. The first-order valence-corrected chi connectivity index (χ1v) is 5.89. The summed E-state index contributed by atoms with van der Waals surface area (Å²) in [6, 6.07) is 6.03. The molecule has 2 N–H and O–H groups in total. The fourth-order valence-corrected chi connectivity index (χ4v) is 1.71. The topological polar surface area (TPSA) is 66.0 Å². The quantitative estimate of drug-likeness (QED) is 0.892. The largest absolute Gasteiger partial charge is 0.485 e. The first-order chi connectivity index (χ1) is 8.58. The normalized spacial score (nSPS) is 12.4. The molecule has 5 heteroatoms. The van der Waals surface area contributed by atoms with Gasteiger partial charge in [-0.3, -0.25) is 4.68 Å². The van der Waals surface area contributed by atoms with E-state index < -0.39 is 0 Å². The third-order valence-electron chi connectivity index (χ3n) is 2.89. The van der Waals surface area contributed by atoms with Crippen LogP contribution in [0.5, 0.6) is 5.75 Å². The lowest BCUT2D eigenvalue weighted by Crippen LogP contribution is -2.07. The van der Waals surface area contributed by atoms with E-state index in [0.29, 0.717) is 6.61 Å². The average molecular weight is 246 g/mol. The highest BCUT2D eigenvalue weighted by atomic mass is 16.5. The van der Waals surface area contributed by atoms with E-state index in [1.165, 1.54) is 6.33 Å². The van der Waals surface area contributed by atoms with Crippen LogP contribution < -0.4 is 10.5 Å². The minimum atomic E-state index is 0.0384. The Labute approximate surface area is 107 Å². The van der Waals surface area contributed by atoms with E-state index in [1.807, 2.05) is 33.0 Å². The van der Waals surface area contributed by atoms with Gasteiger partial charge >= 0.3 is 0 Å². The zero-order valence-corrected chi connectivity index (χ0v) is 10.9. The smallest absolute Gasteiger partial charge is 0.164 e. The van der Waals surface area contributed by atoms with Crippen LogP contribution in [0.15, 0.2) is 24.5 Å². The molecule has 0 aliphatic rings. The molecular weight excluding hydrogens is 228 g/mol. The summed E-state index contributed by atoms with van der Waals surface area (Å²) in [7, 11) is 1.84. The van der Waals surface area contributed by atoms with E-state index in [9.17, 15) is 0 Å². The first-order valence-electron chi connectivity index (χ1n) is 5.89. The van der Waals surface area contributed by atoms with Crippen molar-refractivity contribution in [1.29, 1.82) is 0 Å². The molecule has 0 fully saturated rings. The fraction of sp³-hybridized carbons (Fsp3) is 0.385. The summed E-state index contributed by atoms with van der Waals surface area (Å²) in [4.78, 5) is 4.11. The molecule has 0 saturated carbocycles. The van der Waals surface area contributed by atoms with Gasteiger partial charge in [-0.2, -0.15) is 5.10 Å². The van der Waals surface area contributed by atoms with E-state index >= 15 is 0 Å². The van der Waals surface area contributed by atoms with Crippen LogP contribution in [-0.4, -0.2) is 14.8 Å². The molecule has 1 heterocycles. The van der Waals surface area contributed by atoms with Crippen molar-refractivity contribution in [2.45, 2.75) is 26.5 Å². The molecule has 0 amide bonds. The number of aromatic nitrogens is 3. The first kappa shape index (κ1) is 12.6. The number of ether oxygens (including phenoxy) is 1. The molecule has 1 aromatic carbocycles. The number of hydrogen-bond acceptors (Lipinski definition) is 4. The van der Waals surface area contributed by atoms with Gasteiger partial charge in [-0.05, 0) is 31.0 Å². The second kappa shape index (κ2) is 5.18. The molecule has 0 aliphatic carbocycles. The third-order valence-corrected chi connectivity index (χ3v) is 2.89. The Morgan fingerprint density at radius 2 is 2.22 bits per heavy atom. The standard InChI is InChI=1S/C13H18N4O/c1-9-6-11(10(2)14)4-5-12(9)18-7-13-15-8-16-17(13)3/h4-6,8,10H,7,14H2,1-3H3. The van der Waals surface area contributed by atoms with E-state index in [1.54, 1.807) is 4.68 Å². The van der Waals surface area contributed by atoms with Crippen LogP contribution in [-0.2, 0) is 13.7 Å². The van der Waals surface area contributed by atoms with Crippen molar-refractivity contribution in [3.8, 4) is 5.75 Å². The monoisotopic (exact) mass is 246 g/mol. The lowest BCUT2D eigenvalue weighted by Gasteiger charge is -2.12. The molecule has 0 radical (unpaired) electrons. The number of nitrogens with two attached hydrogens (primary N) is 1. The van der Waals surface area contributed by atoms with E-state index in [-0.39, 0.29) is 6.04 Å². The molecule has 5 nitrogen and oxygen atoms in total. The lowest BCUT2D eigenvalue weighted by molar-refractivity contribution is 0.287. The van der Waals surface area contributed by atoms with Gasteiger partial charge in [0.1, 0.15) is 18.7 Å². The van der Waals surface area contributed by atoms with Crippen molar-refractivity contribution in [3.63, 3.8) is 0 Å². The zero-order chi connectivity index (χ0) is 13.1. The van der Waals surface area contributed by atoms with Gasteiger partial charge in [0, 0.05) is 13.1 Å². The number of benzene rings is 1. The van der Waals surface area contributed by atoms with Gasteiger partial charge in [0.05, 0.1) is 0 Å². The number of hydrogen-bond donors (Lipinski definition) is 1. The maximum absolute atomic E-state index is 5.84. The van der Waals surface area contributed by atoms with Gasteiger partial charge in [-0.25, -0.2) is 4.98 Å². The van der Waals surface area contributed by atoms with E-state index in [0.717, 1.165) is 22.7 Å². The highest BCUT2D eigenvalue weighted by molar-refractivity contribution is 5.37. The molecule has 2 rings (SSSR count). The van der Waals surface area contributed by atoms with Crippen LogP contribution in [0.1, 0.15) is 29.9 Å². The Morgan fingerprint density at radius 1 is 1.44 bits per heavy atom. The Balaban J connectivity index is 2.08. The van der Waals surface area contributed by atoms with Crippen LogP contribution in [0.2, 0.25) is 0 Å². The minimum Gasteiger partial charge on any atom is -0.485 e. The lowest BCUT2D eigenvalue weighted by atomic mass is 10.1. The SMILES string of the molecule is Cc1cc(C(C)N)ccc1OCc1ncnn1C. The average Bonchev–Trinajstić information content (AvgIpc) is 2.73. The van der Waals surface area contributed by atoms with Gasteiger partial charge in [0.15, 0.2) is 5.82 Å². The van der Waals surface area contributed by atoms with Crippen LogP contribution in [0.4, 0.5) is 0 Å². The number of aryl methyl sites for hydroxylation is 2. The molecule has 1 aromatic heterocycles. The summed E-state index contributed by atoms with van der Waals surface area (Å²) in [6.07, 6.45) is 1.52. The summed E-state index contributed by atoms with van der Waals surface area (Å²) in [5.41, 5.74) is 8.03. The second-order valence-electron chi connectivity index (χ2n) is 4.40.